The summed E-state index contributed by atoms with van der Waals surface area (Å²) in [5.41, 5.74) is 1.17. The summed E-state index contributed by atoms with van der Waals surface area (Å²) < 4.78 is 11.2. The summed E-state index contributed by atoms with van der Waals surface area (Å²) in [5, 5.41) is 2.92. The number of hydrogen-bond donors (Lipinski definition) is 1. The van der Waals surface area contributed by atoms with Crippen LogP contribution in [0.4, 0.5) is 0 Å². The van der Waals surface area contributed by atoms with Gasteiger partial charge in [0.15, 0.2) is 6.10 Å². The Bertz CT molecular complexity index is 424. The van der Waals surface area contributed by atoms with Crippen LogP contribution in [0.2, 0.25) is 0 Å². The Labute approximate surface area is 120 Å². The number of hydrogen-bond acceptors (Lipinski definition) is 3. The van der Waals surface area contributed by atoms with Crippen LogP contribution < -0.4 is 10.1 Å². The SMILES string of the molecule is CC[C@H](Oc1ccc(C)cc1)C(=O)NC[C@H]1CCCO1. The van der Waals surface area contributed by atoms with Crippen molar-refractivity contribution in [2.24, 2.45) is 0 Å². The minimum Gasteiger partial charge on any atom is -0.481 e. The molecule has 20 heavy (non-hydrogen) atoms. The molecule has 2 rings (SSSR count). The van der Waals surface area contributed by atoms with Crippen molar-refractivity contribution in [1.82, 2.24) is 5.32 Å². The van der Waals surface area contributed by atoms with Crippen LogP contribution in [0.1, 0.15) is 31.7 Å². The van der Waals surface area contributed by atoms with Gasteiger partial charge in [-0.25, -0.2) is 0 Å². The van der Waals surface area contributed by atoms with E-state index in [-0.39, 0.29) is 12.0 Å². The number of amides is 1. The first-order valence-corrected chi connectivity index (χ1v) is 7.31. The fourth-order valence-electron chi connectivity index (χ4n) is 2.24. The Kier molecular flexibility index (Phi) is 5.41. The van der Waals surface area contributed by atoms with E-state index in [0.717, 1.165) is 25.2 Å². The molecule has 4 heteroatoms. The maximum Gasteiger partial charge on any atom is 0.261 e. The fraction of sp³-hybridized carbons (Fsp3) is 0.562. The molecule has 1 amide bonds. The van der Waals surface area contributed by atoms with E-state index in [9.17, 15) is 4.79 Å². The number of rotatable bonds is 6. The Balaban J connectivity index is 1.83. The third kappa shape index (κ3) is 4.23. The number of carbonyl (C=O) groups is 1. The number of carbonyl (C=O) groups excluding carboxylic acids is 1. The highest BCUT2D eigenvalue weighted by atomic mass is 16.5. The van der Waals surface area contributed by atoms with Crippen LogP contribution in [0.15, 0.2) is 24.3 Å². The second-order valence-corrected chi connectivity index (χ2v) is 5.21. The lowest BCUT2D eigenvalue weighted by molar-refractivity contribution is -0.128. The molecule has 0 spiro atoms. The zero-order valence-corrected chi connectivity index (χ0v) is 12.2. The van der Waals surface area contributed by atoms with Gasteiger partial charge in [0.05, 0.1) is 6.10 Å². The molecular weight excluding hydrogens is 254 g/mol. The topological polar surface area (TPSA) is 47.6 Å². The van der Waals surface area contributed by atoms with Crippen molar-refractivity contribution in [3.8, 4) is 5.75 Å². The average molecular weight is 277 g/mol. The van der Waals surface area contributed by atoms with Crippen molar-refractivity contribution in [3.05, 3.63) is 29.8 Å². The molecule has 0 radical (unpaired) electrons. The molecular formula is C16H23NO3. The zero-order valence-electron chi connectivity index (χ0n) is 12.2. The summed E-state index contributed by atoms with van der Waals surface area (Å²) in [6.07, 6.45) is 2.47. The molecule has 0 unspecified atom stereocenters. The molecule has 2 atom stereocenters. The zero-order chi connectivity index (χ0) is 14.4. The van der Waals surface area contributed by atoms with Gasteiger partial charge < -0.3 is 14.8 Å². The van der Waals surface area contributed by atoms with Crippen LogP contribution in [-0.4, -0.2) is 31.3 Å². The fourth-order valence-corrected chi connectivity index (χ4v) is 2.24. The second kappa shape index (κ2) is 7.29. The average Bonchev–Trinajstić information content (AvgIpc) is 2.97. The molecule has 1 aliphatic heterocycles. The van der Waals surface area contributed by atoms with E-state index in [1.54, 1.807) is 0 Å². The van der Waals surface area contributed by atoms with Crippen molar-refractivity contribution >= 4 is 5.91 Å². The van der Waals surface area contributed by atoms with E-state index >= 15 is 0 Å². The molecule has 1 heterocycles. The van der Waals surface area contributed by atoms with Crippen molar-refractivity contribution < 1.29 is 14.3 Å². The van der Waals surface area contributed by atoms with Gasteiger partial charge in [0.1, 0.15) is 5.75 Å². The lowest BCUT2D eigenvalue weighted by Crippen LogP contribution is -2.41. The normalized spacial score (nSPS) is 19.6. The molecule has 110 valence electrons. The Morgan fingerprint density at radius 3 is 2.80 bits per heavy atom. The third-order valence-corrected chi connectivity index (χ3v) is 3.49. The molecule has 1 N–H and O–H groups in total. The van der Waals surface area contributed by atoms with Gasteiger partial charge >= 0.3 is 0 Å². The van der Waals surface area contributed by atoms with E-state index in [4.69, 9.17) is 9.47 Å². The van der Waals surface area contributed by atoms with E-state index in [2.05, 4.69) is 5.32 Å². The van der Waals surface area contributed by atoms with Crippen LogP contribution in [0.25, 0.3) is 0 Å². The maximum atomic E-state index is 12.1. The van der Waals surface area contributed by atoms with Crippen molar-refractivity contribution in [3.63, 3.8) is 0 Å². The highest BCUT2D eigenvalue weighted by molar-refractivity contribution is 5.81. The molecule has 1 aliphatic rings. The van der Waals surface area contributed by atoms with Crippen LogP contribution in [-0.2, 0) is 9.53 Å². The van der Waals surface area contributed by atoms with Crippen LogP contribution in [0, 0.1) is 6.92 Å². The van der Waals surface area contributed by atoms with Gasteiger partial charge in [0, 0.05) is 13.2 Å². The van der Waals surface area contributed by atoms with E-state index in [1.807, 2.05) is 38.1 Å². The summed E-state index contributed by atoms with van der Waals surface area (Å²) in [5.74, 6) is 0.665. The molecule has 0 bridgehead atoms. The molecule has 1 saturated heterocycles. The van der Waals surface area contributed by atoms with Gasteiger partial charge in [-0.15, -0.1) is 0 Å². The summed E-state index contributed by atoms with van der Waals surface area (Å²) >= 11 is 0. The highest BCUT2D eigenvalue weighted by Gasteiger charge is 2.21. The van der Waals surface area contributed by atoms with Crippen LogP contribution >= 0.6 is 0 Å². The van der Waals surface area contributed by atoms with Gasteiger partial charge in [0.2, 0.25) is 0 Å². The first kappa shape index (κ1) is 14.9. The van der Waals surface area contributed by atoms with Crippen molar-refractivity contribution in [2.75, 3.05) is 13.2 Å². The number of aryl methyl sites for hydroxylation is 1. The first-order valence-electron chi connectivity index (χ1n) is 7.31. The molecule has 1 fully saturated rings. The first-order chi connectivity index (χ1) is 9.69. The molecule has 0 aliphatic carbocycles. The molecule has 0 saturated carbocycles. The number of benzene rings is 1. The van der Waals surface area contributed by atoms with Crippen LogP contribution in [0.3, 0.4) is 0 Å². The molecule has 4 nitrogen and oxygen atoms in total. The standard InChI is InChI=1S/C16H23NO3/c1-3-15(20-13-8-6-12(2)7-9-13)16(18)17-11-14-5-4-10-19-14/h6-9,14-15H,3-5,10-11H2,1-2H3,(H,17,18)/t14-,15+/m1/s1. The quantitative estimate of drug-likeness (QED) is 0.869. The Morgan fingerprint density at radius 1 is 1.45 bits per heavy atom. The number of nitrogens with one attached hydrogen (secondary N) is 1. The Hall–Kier alpha value is -1.55. The maximum absolute atomic E-state index is 12.1. The summed E-state index contributed by atoms with van der Waals surface area (Å²) in [4.78, 5) is 12.1. The van der Waals surface area contributed by atoms with E-state index in [1.165, 1.54) is 5.56 Å². The minimum absolute atomic E-state index is 0.0661. The largest absolute Gasteiger partial charge is 0.481 e. The van der Waals surface area contributed by atoms with Gasteiger partial charge in [-0.3, -0.25) is 4.79 Å². The Morgan fingerprint density at radius 2 is 2.20 bits per heavy atom. The predicted octanol–water partition coefficient (Wildman–Crippen LogP) is 2.45. The molecule has 0 aromatic heterocycles. The lowest BCUT2D eigenvalue weighted by atomic mass is 10.2. The summed E-state index contributed by atoms with van der Waals surface area (Å²) in [6, 6.07) is 7.75. The van der Waals surface area contributed by atoms with Gasteiger partial charge in [-0.1, -0.05) is 24.6 Å². The van der Waals surface area contributed by atoms with Crippen LogP contribution in [0.5, 0.6) is 5.75 Å². The van der Waals surface area contributed by atoms with E-state index in [0.29, 0.717) is 13.0 Å². The van der Waals surface area contributed by atoms with Gasteiger partial charge in [-0.05, 0) is 38.3 Å². The van der Waals surface area contributed by atoms with Gasteiger partial charge in [-0.2, -0.15) is 0 Å². The summed E-state index contributed by atoms with van der Waals surface area (Å²) in [6.45, 7) is 5.35. The lowest BCUT2D eigenvalue weighted by Gasteiger charge is -2.18. The highest BCUT2D eigenvalue weighted by Crippen LogP contribution is 2.15. The molecule has 1 aromatic carbocycles. The van der Waals surface area contributed by atoms with Crippen molar-refractivity contribution in [1.29, 1.82) is 0 Å². The minimum atomic E-state index is -0.445. The van der Waals surface area contributed by atoms with E-state index < -0.39 is 6.10 Å². The molecule has 1 aromatic rings. The second-order valence-electron chi connectivity index (χ2n) is 5.21. The van der Waals surface area contributed by atoms with Gasteiger partial charge in [0.25, 0.3) is 5.91 Å². The van der Waals surface area contributed by atoms with Crippen molar-refractivity contribution in [2.45, 2.75) is 45.3 Å². The third-order valence-electron chi connectivity index (χ3n) is 3.49. The monoisotopic (exact) mass is 277 g/mol. The smallest absolute Gasteiger partial charge is 0.261 e. The number of ether oxygens (including phenoxy) is 2. The summed E-state index contributed by atoms with van der Waals surface area (Å²) in [7, 11) is 0. The predicted molar refractivity (Wildman–Crippen MR) is 77.9 cm³/mol.